The third-order valence-electron chi connectivity index (χ3n) is 3.46. The Morgan fingerprint density at radius 2 is 1.64 bits per heavy atom. The van der Waals surface area contributed by atoms with Crippen molar-refractivity contribution in [2.24, 2.45) is 0 Å². The summed E-state index contributed by atoms with van der Waals surface area (Å²) in [5.41, 5.74) is 4.79. The van der Waals surface area contributed by atoms with E-state index >= 15 is 0 Å². The fourth-order valence-electron chi connectivity index (χ4n) is 2.23. The van der Waals surface area contributed by atoms with Crippen molar-refractivity contribution < 1.29 is 15.1 Å². The largest absolute Gasteiger partial charge is 0.391 e. The van der Waals surface area contributed by atoms with Crippen LogP contribution >= 0.6 is 0 Å². The maximum absolute atomic E-state index is 11.4. The number of aliphatic hydroxyl groups is 1. The van der Waals surface area contributed by atoms with Crippen molar-refractivity contribution in [1.29, 1.82) is 0 Å². The molecule has 0 saturated heterocycles. The van der Waals surface area contributed by atoms with Gasteiger partial charge in [-0.3, -0.25) is 15.3 Å². The highest BCUT2D eigenvalue weighted by molar-refractivity contribution is 5.81. The number of hydroxylamine groups is 1. The smallest absolute Gasteiger partial charge is 0.263 e. The number of carbonyl (C=O) groups excluding carboxylic acids is 1. The molecule has 0 fully saturated rings. The number of carbonyl (C=O) groups is 1. The van der Waals surface area contributed by atoms with E-state index in [0.29, 0.717) is 6.54 Å². The van der Waals surface area contributed by atoms with E-state index in [0.717, 1.165) is 16.7 Å². The van der Waals surface area contributed by atoms with Crippen LogP contribution in [0.2, 0.25) is 0 Å². The van der Waals surface area contributed by atoms with Gasteiger partial charge in [-0.25, -0.2) is 5.48 Å². The van der Waals surface area contributed by atoms with E-state index in [1.807, 2.05) is 54.6 Å². The Kier molecular flexibility index (Phi) is 5.66. The summed E-state index contributed by atoms with van der Waals surface area (Å²) >= 11 is 0. The molecular weight excluding hydrogens is 280 g/mol. The topological polar surface area (TPSA) is 81.6 Å². The van der Waals surface area contributed by atoms with Gasteiger partial charge in [0.25, 0.3) is 5.91 Å². The molecule has 0 saturated carbocycles. The number of benzene rings is 2. The van der Waals surface area contributed by atoms with Crippen LogP contribution in [0.15, 0.2) is 54.6 Å². The van der Waals surface area contributed by atoms with Gasteiger partial charge in [0.1, 0.15) is 6.04 Å². The normalized spacial score (nSPS) is 13.4. The van der Waals surface area contributed by atoms with E-state index in [1.165, 1.54) is 6.92 Å². The lowest BCUT2D eigenvalue weighted by Gasteiger charge is -2.19. The van der Waals surface area contributed by atoms with Crippen molar-refractivity contribution in [3.05, 3.63) is 60.2 Å². The van der Waals surface area contributed by atoms with Crippen LogP contribution in [0.5, 0.6) is 0 Å². The maximum Gasteiger partial charge on any atom is 0.263 e. The highest BCUT2D eigenvalue weighted by Gasteiger charge is 2.22. The molecular formula is C17H20N2O3. The van der Waals surface area contributed by atoms with E-state index in [-0.39, 0.29) is 0 Å². The van der Waals surface area contributed by atoms with Crippen molar-refractivity contribution in [3.8, 4) is 11.1 Å². The van der Waals surface area contributed by atoms with E-state index < -0.39 is 18.1 Å². The quantitative estimate of drug-likeness (QED) is 0.483. The van der Waals surface area contributed by atoms with Crippen LogP contribution in [0.1, 0.15) is 12.5 Å². The zero-order chi connectivity index (χ0) is 15.9. The Bertz CT molecular complexity index is 597. The van der Waals surface area contributed by atoms with Crippen LogP contribution in [-0.4, -0.2) is 28.4 Å². The molecule has 0 aliphatic heterocycles. The molecule has 116 valence electrons. The van der Waals surface area contributed by atoms with Crippen LogP contribution in [0.4, 0.5) is 0 Å². The van der Waals surface area contributed by atoms with Gasteiger partial charge >= 0.3 is 0 Å². The second kappa shape index (κ2) is 7.70. The van der Waals surface area contributed by atoms with Gasteiger partial charge in [-0.1, -0.05) is 54.6 Å². The van der Waals surface area contributed by atoms with Crippen LogP contribution < -0.4 is 10.8 Å². The lowest BCUT2D eigenvalue weighted by atomic mass is 10.0. The second-order valence-corrected chi connectivity index (χ2v) is 5.14. The summed E-state index contributed by atoms with van der Waals surface area (Å²) in [6.45, 7) is 1.91. The van der Waals surface area contributed by atoms with Gasteiger partial charge in [-0.15, -0.1) is 0 Å². The molecule has 5 nitrogen and oxygen atoms in total. The highest BCUT2D eigenvalue weighted by Crippen LogP contribution is 2.19. The number of hydrogen-bond acceptors (Lipinski definition) is 4. The van der Waals surface area contributed by atoms with Gasteiger partial charge in [0, 0.05) is 6.54 Å². The molecule has 0 unspecified atom stereocenters. The first-order valence-electron chi connectivity index (χ1n) is 7.11. The molecule has 4 N–H and O–H groups in total. The minimum Gasteiger partial charge on any atom is -0.391 e. The molecule has 0 radical (unpaired) electrons. The molecule has 2 aromatic carbocycles. The first-order valence-corrected chi connectivity index (χ1v) is 7.11. The van der Waals surface area contributed by atoms with E-state index in [1.54, 1.807) is 5.48 Å². The average molecular weight is 300 g/mol. The zero-order valence-electron chi connectivity index (χ0n) is 12.4. The predicted octanol–water partition coefficient (Wildman–Crippen LogP) is 1.70. The van der Waals surface area contributed by atoms with Gasteiger partial charge in [0.2, 0.25) is 0 Å². The molecule has 0 heterocycles. The zero-order valence-corrected chi connectivity index (χ0v) is 12.4. The van der Waals surface area contributed by atoms with Crippen LogP contribution in [0.25, 0.3) is 11.1 Å². The first kappa shape index (κ1) is 16.2. The minimum atomic E-state index is -0.907. The number of rotatable bonds is 6. The number of amides is 1. The van der Waals surface area contributed by atoms with Gasteiger partial charge in [0.15, 0.2) is 0 Å². The first-order chi connectivity index (χ1) is 10.6. The molecule has 2 aromatic rings. The van der Waals surface area contributed by atoms with Crippen molar-refractivity contribution in [2.45, 2.75) is 25.6 Å². The maximum atomic E-state index is 11.4. The Morgan fingerprint density at radius 1 is 1.05 bits per heavy atom. The van der Waals surface area contributed by atoms with Crippen molar-refractivity contribution in [2.75, 3.05) is 0 Å². The van der Waals surface area contributed by atoms with Gasteiger partial charge < -0.3 is 5.11 Å². The lowest BCUT2D eigenvalue weighted by molar-refractivity contribution is -0.133. The van der Waals surface area contributed by atoms with E-state index in [2.05, 4.69) is 5.32 Å². The van der Waals surface area contributed by atoms with Gasteiger partial charge in [-0.2, -0.15) is 0 Å². The van der Waals surface area contributed by atoms with Crippen LogP contribution in [0.3, 0.4) is 0 Å². The number of aliphatic hydroxyl groups excluding tert-OH is 1. The van der Waals surface area contributed by atoms with Crippen molar-refractivity contribution in [3.63, 3.8) is 0 Å². The van der Waals surface area contributed by atoms with Gasteiger partial charge in [-0.05, 0) is 23.6 Å². The Balaban J connectivity index is 2.01. The minimum absolute atomic E-state index is 0.415. The molecule has 0 bridgehead atoms. The Labute approximate surface area is 129 Å². The lowest BCUT2D eigenvalue weighted by Crippen LogP contribution is -2.49. The van der Waals surface area contributed by atoms with E-state index in [4.69, 9.17) is 5.21 Å². The van der Waals surface area contributed by atoms with Crippen molar-refractivity contribution >= 4 is 5.91 Å². The summed E-state index contributed by atoms with van der Waals surface area (Å²) in [4.78, 5) is 11.4. The number of hydrogen-bond donors (Lipinski definition) is 4. The van der Waals surface area contributed by atoms with Crippen LogP contribution in [0, 0.1) is 0 Å². The summed E-state index contributed by atoms with van der Waals surface area (Å²) in [6.07, 6.45) is -0.907. The molecule has 0 aliphatic rings. The fraction of sp³-hybridized carbons (Fsp3) is 0.235. The summed E-state index contributed by atoms with van der Waals surface area (Å²) in [7, 11) is 0. The SMILES string of the molecule is C[C@H](O)[C@@H](NCc1ccc(-c2ccccc2)cc1)C(=O)NO. The highest BCUT2D eigenvalue weighted by atomic mass is 16.5. The Morgan fingerprint density at radius 3 is 2.18 bits per heavy atom. The van der Waals surface area contributed by atoms with Crippen LogP contribution in [-0.2, 0) is 11.3 Å². The number of nitrogens with one attached hydrogen (secondary N) is 2. The third kappa shape index (κ3) is 4.14. The summed E-state index contributed by atoms with van der Waals surface area (Å²) < 4.78 is 0. The molecule has 0 spiro atoms. The standard InChI is InChI=1S/C17H20N2O3/c1-12(20)16(17(21)19-22)18-11-13-7-9-15(10-8-13)14-5-3-2-4-6-14/h2-10,12,16,18,20,22H,11H2,1H3,(H,19,21)/t12-,16+/m0/s1. The molecule has 1 amide bonds. The van der Waals surface area contributed by atoms with Crippen molar-refractivity contribution in [1.82, 2.24) is 10.8 Å². The summed E-state index contributed by atoms with van der Waals surface area (Å²) in [5.74, 6) is -0.657. The molecule has 2 rings (SSSR count). The Hall–Kier alpha value is -2.21. The van der Waals surface area contributed by atoms with E-state index in [9.17, 15) is 9.90 Å². The fourth-order valence-corrected chi connectivity index (χ4v) is 2.23. The molecule has 22 heavy (non-hydrogen) atoms. The second-order valence-electron chi connectivity index (χ2n) is 5.14. The predicted molar refractivity (Wildman–Crippen MR) is 84.1 cm³/mol. The molecule has 2 atom stereocenters. The van der Waals surface area contributed by atoms with Gasteiger partial charge in [0.05, 0.1) is 6.10 Å². The molecule has 5 heteroatoms. The summed E-state index contributed by atoms with van der Waals surface area (Å²) in [6, 6.07) is 17.1. The average Bonchev–Trinajstić information content (AvgIpc) is 2.56. The third-order valence-corrected chi connectivity index (χ3v) is 3.46. The summed E-state index contributed by atoms with van der Waals surface area (Å²) in [5, 5.41) is 21.1. The monoisotopic (exact) mass is 300 g/mol. The molecule has 0 aliphatic carbocycles. The molecule has 0 aromatic heterocycles.